The van der Waals surface area contributed by atoms with Gasteiger partial charge in [0.05, 0.1) is 12.5 Å². The molecule has 0 bridgehead atoms. The van der Waals surface area contributed by atoms with E-state index in [4.69, 9.17) is 4.74 Å². The number of likely N-dealkylation sites (tertiary alicyclic amines) is 1. The molecule has 6 atom stereocenters. The Hall–Kier alpha value is -4.64. The van der Waals surface area contributed by atoms with Crippen LogP contribution in [0.1, 0.15) is 74.5 Å². The molecule has 2 N–H and O–H groups in total. The van der Waals surface area contributed by atoms with Crippen molar-refractivity contribution < 1.29 is 28.7 Å². The predicted molar refractivity (Wildman–Crippen MR) is 218 cm³/mol. The first-order valence-corrected chi connectivity index (χ1v) is 21.4. The molecule has 3 aromatic carbocycles. The number of benzene rings is 3. The zero-order valence-electron chi connectivity index (χ0n) is 32.5. The Morgan fingerprint density at radius 3 is 1.82 bits per heavy atom. The molecule has 298 valence electrons. The maximum atomic E-state index is 14.3. The number of nitrogens with zero attached hydrogens (tertiary/aromatic N) is 2. The van der Waals surface area contributed by atoms with Crippen LogP contribution in [0.3, 0.4) is 0 Å². The van der Waals surface area contributed by atoms with Crippen LogP contribution in [0.5, 0.6) is 0 Å². The van der Waals surface area contributed by atoms with E-state index >= 15 is 0 Å². The number of hydrogen-bond donors (Lipinski definition) is 2. The van der Waals surface area contributed by atoms with E-state index in [0.717, 1.165) is 43.2 Å². The quantitative estimate of drug-likeness (QED) is 0.189. The smallest absolute Gasteiger partial charge is 0.328 e. The van der Waals surface area contributed by atoms with Crippen molar-refractivity contribution in [3.05, 3.63) is 108 Å². The third-order valence-corrected chi connectivity index (χ3v) is 12.8. The molecule has 11 heteroatoms. The minimum atomic E-state index is -0.766. The highest BCUT2D eigenvalue weighted by Crippen LogP contribution is 2.35. The van der Waals surface area contributed by atoms with Gasteiger partial charge in [-0.15, -0.1) is 11.8 Å². The third kappa shape index (κ3) is 11.0. The fraction of sp³-hybridized carbons (Fsp3) is 0.489. The second-order valence-corrected chi connectivity index (χ2v) is 16.6. The number of nitrogens with one attached hydrogen (secondary N) is 2. The van der Waals surface area contributed by atoms with Gasteiger partial charge in [0.1, 0.15) is 18.1 Å². The Kier molecular flexibility index (Phi) is 15.0. The van der Waals surface area contributed by atoms with E-state index in [-0.39, 0.29) is 29.0 Å². The number of thioether (sulfide) groups is 1. The van der Waals surface area contributed by atoms with E-state index in [2.05, 4.69) is 22.8 Å². The molecule has 0 aromatic heterocycles. The van der Waals surface area contributed by atoms with Gasteiger partial charge in [0.2, 0.25) is 23.6 Å². The summed E-state index contributed by atoms with van der Waals surface area (Å²) in [5, 5.41) is 6.14. The first kappa shape index (κ1) is 41.0. The molecule has 6 rings (SSSR count). The van der Waals surface area contributed by atoms with Gasteiger partial charge in [-0.05, 0) is 99.5 Å². The first-order chi connectivity index (χ1) is 27.3. The van der Waals surface area contributed by atoms with Gasteiger partial charge in [-0.25, -0.2) is 4.79 Å². The molecule has 3 fully saturated rings. The largest absolute Gasteiger partial charge is 0.467 e. The molecule has 4 amide bonds. The topological polar surface area (TPSA) is 125 Å². The van der Waals surface area contributed by atoms with Gasteiger partial charge in [-0.1, -0.05) is 91.0 Å². The van der Waals surface area contributed by atoms with Crippen LogP contribution < -0.4 is 10.6 Å². The summed E-state index contributed by atoms with van der Waals surface area (Å²) >= 11 is 1.66. The molecule has 3 heterocycles. The van der Waals surface area contributed by atoms with Crippen molar-refractivity contribution in [3.8, 4) is 0 Å². The number of carbonyl (C=O) groups is 5. The number of carbonyl (C=O) groups excluding carboxylic acids is 5. The Labute approximate surface area is 335 Å². The molecule has 3 aliphatic rings. The van der Waals surface area contributed by atoms with Crippen molar-refractivity contribution >= 4 is 41.4 Å². The normalized spacial score (nSPS) is 22.5. The maximum absolute atomic E-state index is 14.3. The van der Waals surface area contributed by atoms with E-state index in [1.54, 1.807) is 16.7 Å². The minimum Gasteiger partial charge on any atom is -0.467 e. The Bertz CT molecular complexity index is 1760. The Balaban J connectivity index is 1.17. The van der Waals surface area contributed by atoms with E-state index in [9.17, 15) is 24.0 Å². The average Bonchev–Trinajstić information content (AvgIpc) is 3.50. The van der Waals surface area contributed by atoms with Crippen LogP contribution in [0.15, 0.2) is 91.0 Å². The summed E-state index contributed by atoms with van der Waals surface area (Å²) in [6.45, 7) is 1.27. The van der Waals surface area contributed by atoms with Gasteiger partial charge in [0, 0.05) is 24.9 Å². The molecular formula is C45H56N4O6S. The summed E-state index contributed by atoms with van der Waals surface area (Å²) < 4.78 is 5.07. The molecule has 56 heavy (non-hydrogen) atoms. The van der Waals surface area contributed by atoms with Crippen molar-refractivity contribution in [2.45, 2.75) is 101 Å². The SMILES string of the molecule is COC(=O)C1CCCC2SCCC(NC(=O)C(CCC(Cc3ccccc3)C(=O)NC3CCCCN(CCc4ccccc4)C3=O)Cc3ccccc3)C(=O)N21. The van der Waals surface area contributed by atoms with Crippen LogP contribution in [0.2, 0.25) is 0 Å². The summed E-state index contributed by atoms with van der Waals surface area (Å²) in [6.07, 6.45) is 7.43. The van der Waals surface area contributed by atoms with E-state index in [1.807, 2.05) is 83.8 Å². The van der Waals surface area contributed by atoms with Gasteiger partial charge in [0.25, 0.3) is 0 Å². The monoisotopic (exact) mass is 780 g/mol. The lowest BCUT2D eigenvalue weighted by atomic mass is 9.86. The number of esters is 1. The lowest BCUT2D eigenvalue weighted by molar-refractivity contribution is -0.156. The number of fused-ring (bicyclic) bond motifs is 1. The van der Waals surface area contributed by atoms with Crippen molar-refractivity contribution in [2.75, 3.05) is 26.0 Å². The van der Waals surface area contributed by atoms with Crippen LogP contribution in [0.25, 0.3) is 0 Å². The van der Waals surface area contributed by atoms with Crippen LogP contribution in [0.4, 0.5) is 0 Å². The highest BCUT2D eigenvalue weighted by Gasteiger charge is 2.44. The molecule has 0 spiro atoms. The van der Waals surface area contributed by atoms with Crippen LogP contribution in [-0.4, -0.2) is 88.8 Å². The summed E-state index contributed by atoms with van der Waals surface area (Å²) in [6, 6.07) is 27.8. The number of methoxy groups -OCH3 is 1. The van der Waals surface area contributed by atoms with Crippen molar-refractivity contribution in [2.24, 2.45) is 11.8 Å². The van der Waals surface area contributed by atoms with E-state index in [1.165, 1.54) is 12.7 Å². The predicted octanol–water partition coefficient (Wildman–Crippen LogP) is 5.73. The lowest BCUT2D eigenvalue weighted by Crippen LogP contribution is -2.57. The number of hydrogen-bond acceptors (Lipinski definition) is 7. The van der Waals surface area contributed by atoms with Crippen molar-refractivity contribution in [1.82, 2.24) is 20.4 Å². The summed E-state index contributed by atoms with van der Waals surface area (Å²) in [5.41, 5.74) is 3.16. The molecule has 0 radical (unpaired) electrons. The molecule has 0 aliphatic carbocycles. The first-order valence-electron chi connectivity index (χ1n) is 20.3. The van der Waals surface area contributed by atoms with Gasteiger partial charge >= 0.3 is 5.97 Å². The Morgan fingerprint density at radius 2 is 1.25 bits per heavy atom. The van der Waals surface area contributed by atoms with Crippen LogP contribution >= 0.6 is 11.8 Å². The molecule has 3 aromatic rings. The van der Waals surface area contributed by atoms with Gasteiger partial charge in [0.15, 0.2) is 0 Å². The second kappa shape index (κ2) is 20.5. The molecule has 3 saturated heterocycles. The van der Waals surface area contributed by atoms with Crippen LogP contribution in [0, 0.1) is 11.8 Å². The summed E-state index contributed by atoms with van der Waals surface area (Å²) in [5.74, 6) is -1.45. The second-order valence-electron chi connectivity index (χ2n) is 15.4. The van der Waals surface area contributed by atoms with E-state index < -0.39 is 35.9 Å². The van der Waals surface area contributed by atoms with Gasteiger partial charge < -0.3 is 25.2 Å². The zero-order chi connectivity index (χ0) is 39.3. The number of amides is 4. The molecule has 6 unspecified atom stereocenters. The van der Waals surface area contributed by atoms with Crippen molar-refractivity contribution in [3.63, 3.8) is 0 Å². The highest BCUT2D eigenvalue weighted by atomic mass is 32.2. The standard InChI is InChI=1S/C45H56N4O6S/c1-55-45(54)39-21-13-22-40-49(39)44(53)38(26-29-56-40)47-42(51)36(31-34-18-9-4-10-19-34)24-23-35(30-33-16-7-3-8-17-33)41(50)46-37-20-11-12-27-48(43(37)52)28-25-32-14-5-2-6-15-32/h2-10,14-19,35-40H,11-13,20-31H2,1H3,(H,46,50)(H,47,51). The van der Waals surface area contributed by atoms with Gasteiger partial charge in [-0.2, -0.15) is 0 Å². The molecule has 10 nitrogen and oxygen atoms in total. The summed E-state index contributed by atoms with van der Waals surface area (Å²) in [4.78, 5) is 72.8. The maximum Gasteiger partial charge on any atom is 0.328 e. The molecular weight excluding hydrogens is 725 g/mol. The number of ether oxygens (including phenoxy) is 1. The van der Waals surface area contributed by atoms with E-state index in [0.29, 0.717) is 63.8 Å². The number of rotatable bonds is 15. The van der Waals surface area contributed by atoms with Crippen molar-refractivity contribution in [1.29, 1.82) is 0 Å². The number of piperidine rings is 1. The zero-order valence-corrected chi connectivity index (χ0v) is 33.3. The Morgan fingerprint density at radius 1 is 0.696 bits per heavy atom. The molecule has 0 saturated carbocycles. The third-order valence-electron chi connectivity index (χ3n) is 11.5. The molecule has 3 aliphatic heterocycles. The minimum absolute atomic E-state index is 0.0387. The fourth-order valence-corrected chi connectivity index (χ4v) is 9.74. The summed E-state index contributed by atoms with van der Waals surface area (Å²) in [7, 11) is 1.34. The average molecular weight is 781 g/mol. The van der Waals surface area contributed by atoms with Crippen LogP contribution in [-0.2, 0) is 48.0 Å². The van der Waals surface area contributed by atoms with Gasteiger partial charge in [-0.3, -0.25) is 19.2 Å². The lowest BCUT2D eigenvalue weighted by Gasteiger charge is -2.40. The highest BCUT2D eigenvalue weighted by molar-refractivity contribution is 7.99. The fourth-order valence-electron chi connectivity index (χ4n) is 8.35.